The van der Waals surface area contributed by atoms with Gasteiger partial charge in [0.15, 0.2) is 0 Å². The van der Waals surface area contributed by atoms with Gasteiger partial charge >= 0.3 is 5.97 Å². The lowest BCUT2D eigenvalue weighted by Crippen LogP contribution is -2.51. The van der Waals surface area contributed by atoms with Gasteiger partial charge in [0.05, 0.1) is 12.4 Å². The van der Waals surface area contributed by atoms with E-state index in [0.29, 0.717) is 25.2 Å². The Balaban J connectivity index is 2.39. The highest BCUT2D eigenvalue weighted by atomic mass is 35.5. The lowest BCUT2D eigenvalue weighted by molar-refractivity contribution is -0.143. The standard InChI is InChI=1S/C12H16ClN3O2/c1-2-4-12(11(17)18)5-3-6-16(12)10-8-14-7-9(13)15-10/h7-8H,2-6H2,1H3,(H,17,18). The van der Waals surface area contributed by atoms with E-state index in [9.17, 15) is 9.90 Å². The van der Waals surface area contributed by atoms with E-state index in [1.807, 2.05) is 11.8 Å². The SMILES string of the molecule is CCCC1(C(=O)O)CCCN1c1cncc(Cl)n1. The fraction of sp³-hybridized carbons (Fsp3) is 0.583. The first kappa shape index (κ1) is 13.1. The number of aliphatic carboxylic acids is 1. The van der Waals surface area contributed by atoms with Crippen LogP contribution in [0.25, 0.3) is 0 Å². The molecule has 1 fully saturated rings. The maximum atomic E-state index is 11.7. The molecule has 98 valence electrons. The minimum Gasteiger partial charge on any atom is -0.479 e. The number of aromatic nitrogens is 2. The summed E-state index contributed by atoms with van der Waals surface area (Å²) in [5.74, 6) is -0.237. The van der Waals surface area contributed by atoms with Crippen molar-refractivity contribution in [2.24, 2.45) is 0 Å². The number of carboxylic acid groups (broad SMARTS) is 1. The van der Waals surface area contributed by atoms with Crippen LogP contribution in [-0.4, -0.2) is 33.1 Å². The molecule has 0 aromatic carbocycles. The van der Waals surface area contributed by atoms with Crippen molar-refractivity contribution in [1.29, 1.82) is 0 Å². The van der Waals surface area contributed by atoms with Crippen molar-refractivity contribution in [2.75, 3.05) is 11.4 Å². The molecule has 1 atom stereocenters. The number of rotatable bonds is 4. The quantitative estimate of drug-likeness (QED) is 0.909. The molecule has 1 saturated heterocycles. The van der Waals surface area contributed by atoms with Gasteiger partial charge in [0.1, 0.15) is 16.5 Å². The van der Waals surface area contributed by atoms with Gasteiger partial charge in [-0.25, -0.2) is 9.78 Å². The molecule has 2 rings (SSSR count). The van der Waals surface area contributed by atoms with Crippen molar-refractivity contribution < 1.29 is 9.90 Å². The number of hydrogen-bond donors (Lipinski definition) is 1. The summed E-state index contributed by atoms with van der Waals surface area (Å²) in [5.41, 5.74) is -0.853. The van der Waals surface area contributed by atoms with Crippen molar-refractivity contribution in [2.45, 2.75) is 38.1 Å². The highest BCUT2D eigenvalue weighted by Gasteiger charge is 2.47. The molecule has 0 saturated carbocycles. The highest BCUT2D eigenvalue weighted by molar-refractivity contribution is 6.29. The molecule has 18 heavy (non-hydrogen) atoms. The smallest absolute Gasteiger partial charge is 0.329 e. The van der Waals surface area contributed by atoms with Gasteiger partial charge in [0, 0.05) is 6.54 Å². The Kier molecular flexibility index (Phi) is 3.71. The minimum atomic E-state index is -0.853. The summed E-state index contributed by atoms with van der Waals surface area (Å²) in [6, 6.07) is 0. The normalized spacial score (nSPS) is 23.3. The average Bonchev–Trinajstić information content (AvgIpc) is 2.74. The second-order valence-corrected chi connectivity index (χ2v) is 4.93. The summed E-state index contributed by atoms with van der Waals surface area (Å²) in [7, 11) is 0. The first-order valence-corrected chi connectivity index (χ1v) is 6.46. The molecule has 0 radical (unpaired) electrons. The van der Waals surface area contributed by atoms with E-state index in [0.717, 1.165) is 12.8 Å². The number of carboxylic acids is 1. The van der Waals surface area contributed by atoms with Crippen LogP contribution in [-0.2, 0) is 4.79 Å². The fourth-order valence-electron chi connectivity index (χ4n) is 2.68. The summed E-state index contributed by atoms with van der Waals surface area (Å²) in [5, 5.41) is 9.86. The zero-order valence-electron chi connectivity index (χ0n) is 10.3. The van der Waals surface area contributed by atoms with E-state index < -0.39 is 11.5 Å². The van der Waals surface area contributed by atoms with Crippen molar-refractivity contribution in [3.63, 3.8) is 0 Å². The van der Waals surface area contributed by atoms with Gasteiger partial charge in [-0.1, -0.05) is 24.9 Å². The van der Waals surface area contributed by atoms with E-state index >= 15 is 0 Å². The van der Waals surface area contributed by atoms with E-state index in [-0.39, 0.29) is 5.15 Å². The third kappa shape index (κ3) is 2.14. The Morgan fingerprint density at radius 2 is 2.39 bits per heavy atom. The van der Waals surface area contributed by atoms with Crippen molar-refractivity contribution in [1.82, 2.24) is 9.97 Å². The average molecular weight is 270 g/mol. The Hall–Kier alpha value is -1.36. The van der Waals surface area contributed by atoms with Crippen LogP contribution in [0.15, 0.2) is 12.4 Å². The second-order valence-electron chi connectivity index (χ2n) is 4.54. The van der Waals surface area contributed by atoms with Gasteiger partial charge in [0.2, 0.25) is 0 Å². The minimum absolute atomic E-state index is 0.287. The lowest BCUT2D eigenvalue weighted by atomic mass is 9.91. The van der Waals surface area contributed by atoms with Crippen LogP contribution in [0.4, 0.5) is 5.82 Å². The molecule has 0 amide bonds. The number of hydrogen-bond acceptors (Lipinski definition) is 4. The van der Waals surface area contributed by atoms with E-state index in [1.54, 1.807) is 6.20 Å². The first-order chi connectivity index (χ1) is 8.60. The zero-order valence-corrected chi connectivity index (χ0v) is 11.0. The molecular weight excluding hydrogens is 254 g/mol. The Labute approximate surface area is 111 Å². The van der Waals surface area contributed by atoms with Crippen molar-refractivity contribution in [3.8, 4) is 0 Å². The van der Waals surface area contributed by atoms with E-state index in [2.05, 4.69) is 9.97 Å². The molecule has 1 aliphatic heterocycles. The van der Waals surface area contributed by atoms with Crippen LogP contribution < -0.4 is 4.90 Å². The molecule has 1 aromatic rings. The van der Waals surface area contributed by atoms with E-state index in [1.165, 1.54) is 6.20 Å². The Morgan fingerprint density at radius 3 is 3.00 bits per heavy atom. The maximum absolute atomic E-state index is 11.7. The van der Waals surface area contributed by atoms with Crippen LogP contribution in [0.2, 0.25) is 5.15 Å². The van der Waals surface area contributed by atoms with E-state index in [4.69, 9.17) is 11.6 Å². The molecule has 6 heteroatoms. The second kappa shape index (κ2) is 5.10. The molecule has 1 aliphatic rings. The molecule has 0 aliphatic carbocycles. The van der Waals surface area contributed by atoms with Crippen LogP contribution in [0.5, 0.6) is 0 Å². The number of anilines is 1. The lowest BCUT2D eigenvalue weighted by Gasteiger charge is -2.35. The molecule has 0 bridgehead atoms. The van der Waals surface area contributed by atoms with Gasteiger partial charge in [-0.15, -0.1) is 0 Å². The molecule has 2 heterocycles. The predicted molar refractivity (Wildman–Crippen MR) is 68.9 cm³/mol. The van der Waals surface area contributed by atoms with Crippen LogP contribution >= 0.6 is 11.6 Å². The van der Waals surface area contributed by atoms with Gasteiger partial charge in [-0.3, -0.25) is 4.98 Å². The van der Waals surface area contributed by atoms with Crippen LogP contribution in [0.3, 0.4) is 0 Å². The molecule has 1 N–H and O–H groups in total. The predicted octanol–water partition coefficient (Wildman–Crippen LogP) is 2.35. The number of halogens is 1. The first-order valence-electron chi connectivity index (χ1n) is 6.09. The Bertz CT molecular complexity index is 455. The third-order valence-corrected chi connectivity index (χ3v) is 3.60. The number of nitrogens with zero attached hydrogens (tertiary/aromatic N) is 3. The van der Waals surface area contributed by atoms with Gasteiger partial charge in [-0.05, 0) is 19.3 Å². The largest absolute Gasteiger partial charge is 0.479 e. The van der Waals surface area contributed by atoms with Gasteiger partial charge in [0.25, 0.3) is 0 Å². The summed E-state index contributed by atoms with van der Waals surface area (Å²) in [4.78, 5) is 21.7. The molecule has 1 unspecified atom stereocenters. The van der Waals surface area contributed by atoms with Crippen LogP contribution in [0, 0.1) is 0 Å². The Morgan fingerprint density at radius 1 is 1.61 bits per heavy atom. The van der Waals surface area contributed by atoms with Crippen molar-refractivity contribution in [3.05, 3.63) is 17.5 Å². The molecule has 5 nitrogen and oxygen atoms in total. The summed E-state index contributed by atoms with van der Waals surface area (Å²) in [6.45, 7) is 2.67. The summed E-state index contributed by atoms with van der Waals surface area (Å²) >= 11 is 5.83. The monoisotopic (exact) mass is 269 g/mol. The molecular formula is C12H16ClN3O2. The third-order valence-electron chi connectivity index (χ3n) is 3.42. The summed E-state index contributed by atoms with van der Waals surface area (Å²) in [6.07, 6.45) is 5.94. The van der Waals surface area contributed by atoms with Crippen LogP contribution in [0.1, 0.15) is 32.6 Å². The zero-order chi connectivity index (χ0) is 13.2. The highest BCUT2D eigenvalue weighted by Crippen LogP contribution is 2.37. The number of carbonyl (C=O) groups is 1. The molecule has 0 spiro atoms. The maximum Gasteiger partial charge on any atom is 0.329 e. The van der Waals surface area contributed by atoms with Gasteiger partial charge < -0.3 is 10.0 Å². The van der Waals surface area contributed by atoms with Gasteiger partial charge in [-0.2, -0.15) is 0 Å². The fourth-order valence-corrected chi connectivity index (χ4v) is 2.82. The summed E-state index contributed by atoms with van der Waals surface area (Å²) < 4.78 is 0. The van der Waals surface area contributed by atoms with Crippen molar-refractivity contribution >= 4 is 23.4 Å². The topological polar surface area (TPSA) is 66.3 Å². The molecule has 1 aromatic heterocycles.